The third-order valence-electron chi connectivity index (χ3n) is 4.34. The van der Waals surface area contributed by atoms with Gasteiger partial charge in [-0.3, -0.25) is 4.21 Å². The molecule has 0 aliphatic carbocycles. The summed E-state index contributed by atoms with van der Waals surface area (Å²) in [7, 11) is -1.44. The van der Waals surface area contributed by atoms with Crippen LogP contribution in [0.4, 0.5) is 10.2 Å². The molecule has 0 aromatic carbocycles. The summed E-state index contributed by atoms with van der Waals surface area (Å²) in [6, 6.07) is 0.113. The van der Waals surface area contributed by atoms with E-state index in [1.54, 1.807) is 0 Å². The van der Waals surface area contributed by atoms with E-state index in [-0.39, 0.29) is 33.9 Å². The Hall–Kier alpha value is -1.54. The van der Waals surface area contributed by atoms with Gasteiger partial charge in [0.25, 0.3) is 0 Å². The van der Waals surface area contributed by atoms with Crippen molar-refractivity contribution in [1.29, 1.82) is 0 Å². The minimum atomic E-state index is -1.44. The molecule has 2 aromatic heterocycles. The third kappa shape index (κ3) is 2.19. The van der Waals surface area contributed by atoms with E-state index in [1.165, 1.54) is 6.26 Å². The minimum Gasteiger partial charge on any atom is -0.472 e. The van der Waals surface area contributed by atoms with Gasteiger partial charge < -0.3 is 9.64 Å². The molecule has 0 bridgehead atoms. The fraction of sp³-hybridized carbons (Fsp3) is 0.500. The number of hydrogen-bond acceptors (Lipinski definition) is 6. The van der Waals surface area contributed by atoms with Crippen LogP contribution in [0.5, 0.6) is 5.88 Å². The zero-order valence-electron chi connectivity index (χ0n) is 12.5. The predicted molar refractivity (Wildman–Crippen MR) is 85.1 cm³/mol. The Bertz CT molecular complexity index is 849. The van der Waals surface area contributed by atoms with E-state index in [1.807, 2.05) is 6.92 Å². The molecule has 0 saturated carbocycles. The molecular formula is C14H14ClFN4O2S. The average Bonchev–Trinajstić information content (AvgIpc) is 2.96. The molecule has 3 atom stereocenters. The maximum Gasteiger partial charge on any atom is 0.228 e. The van der Waals surface area contributed by atoms with Gasteiger partial charge in [0.1, 0.15) is 22.8 Å². The van der Waals surface area contributed by atoms with Gasteiger partial charge in [-0.15, -0.1) is 0 Å². The summed E-state index contributed by atoms with van der Waals surface area (Å²) in [5.41, 5.74) is 0.00921. The molecule has 1 fully saturated rings. The topological polar surface area (TPSA) is 68.2 Å². The summed E-state index contributed by atoms with van der Waals surface area (Å²) < 4.78 is 32.3. The summed E-state index contributed by atoms with van der Waals surface area (Å²) in [5, 5.41) is 0.177. The van der Waals surface area contributed by atoms with Gasteiger partial charge in [-0.2, -0.15) is 4.98 Å². The molecule has 122 valence electrons. The summed E-state index contributed by atoms with van der Waals surface area (Å²) >= 11 is 5.89. The second kappa shape index (κ2) is 5.24. The first-order valence-electron chi connectivity index (χ1n) is 7.31. The van der Waals surface area contributed by atoms with Gasteiger partial charge in [0, 0.05) is 12.8 Å². The van der Waals surface area contributed by atoms with Crippen molar-refractivity contribution in [2.24, 2.45) is 0 Å². The highest BCUT2D eigenvalue weighted by Crippen LogP contribution is 2.41. The Kier molecular flexibility index (Phi) is 3.42. The summed E-state index contributed by atoms with van der Waals surface area (Å²) in [6.45, 7) is 2.73. The quantitative estimate of drug-likeness (QED) is 0.577. The van der Waals surface area contributed by atoms with Crippen molar-refractivity contribution >= 4 is 39.1 Å². The van der Waals surface area contributed by atoms with Crippen molar-refractivity contribution in [2.75, 3.05) is 17.7 Å². The average molecular weight is 357 g/mol. The number of pyridine rings is 1. The zero-order chi connectivity index (χ0) is 16.3. The Balaban J connectivity index is 2.11. The fourth-order valence-corrected chi connectivity index (χ4v) is 3.90. The fourth-order valence-electron chi connectivity index (χ4n) is 3.30. The molecule has 2 aliphatic rings. The van der Waals surface area contributed by atoms with Gasteiger partial charge in [-0.1, -0.05) is 11.6 Å². The minimum absolute atomic E-state index is 0.00921. The van der Waals surface area contributed by atoms with Gasteiger partial charge in [0.15, 0.2) is 11.0 Å². The van der Waals surface area contributed by atoms with E-state index in [0.29, 0.717) is 11.2 Å². The van der Waals surface area contributed by atoms with E-state index in [4.69, 9.17) is 16.3 Å². The Morgan fingerprint density at radius 1 is 1.39 bits per heavy atom. The number of anilines is 1. The third-order valence-corrected chi connectivity index (χ3v) is 5.29. The lowest BCUT2D eigenvalue weighted by Crippen LogP contribution is -2.39. The number of halogens is 2. The summed E-state index contributed by atoms with van der Waals surface area (Å²) in [5.74, 6) is 0.0246. The van der Waals surface area contributed by atoms with Crippen LogP contribution in [0, 0.1) is 5.82 Å². The van der Waals surface area contributed by atoms with Crippen molar-refractivity contribution in [1.82, 2.24) is 15.0 Å². The van der Waals surface area contributed by atoms with Gasteiger partial charge in [-0.25, -0.2) is 14.4 Å². The highest BCUT2D eigenvalue weighted by atomic mass is 35.5. The predicted octanol–water partition coefficient (Wildman–Crippen LogP) is 2.30. The SMILES string of the molecule is CC1Oc2nc(Cl)c(F)c3nc(S(C)=O)nc(c23)N2CCC[C@@H]12. The lowest BCUT2D eigenvalue weighted by Gasteiger charge is -2.27. The molecule has 1 saturated heterocycles. The van der Waals surface area contributed by atoms with E-state index in [9.17, 15) is 8.60 Å². The van der Waals surface area contributed by atoms with Gasteiger partial charge in [0.05, 0.1) is 16.8 Å². The Morgan fingerprint density at radius 3 is 2.91 bits per heavy atom. The van der Waals surface area contributed by atoms with Gasteiger partial charge in [-0.05, 0) is 19.8 Å². The lowest BCUT2D eigenvalue weighted by molar-refractivity contribution is 0.188. The molecule has 0 radical (unpaired) electrons. The molecule has 0 amide bonds. The van der Waals surface area contributed by atoms with Crippen LogP contribution in [0.2, 0.25) is 5.15 Å². The molecule has 0 N–H and O–H groups in total. The first-order valence-corrected chi connectivity index (χ1v) is 9.24. The maximum absolute atomic E-state index is 14.5. The standard InChI is InChI=1S/C14H14ClFN4O2S/c1-6-7-4-3-5-20(7)12-8-10(17-14(19-12)23(2)21)9(16)11(15)18-13(8)22-6/h6-7H,3-5H2,1-2H3/t6?,7-,23?/m0/s1. The number of nitrogens with zero attached hydrogens (tertiary/aromatic N) is 4. The molecule has 2 aromatic rings. The van der Waals surface area contributed by atoms with Crippen molar-refractivity contribution < 1.29 is 13.3 Å². The van der Waals surface area contributed by atoms with Crippen LogP contribution < -0.4 is 9.64 Å². The molecule has 4 heterocycles. The Labute approximate surface area is 139 Å². The number of aromatic nitrogens is 3. The molecule has 23 heavy (non-hydrogen) atoms. The van der Waals surface area contributed by atoms with Crippen LogP contribution in [-0.2, 0) is 10.8 Å². The van der Waals surface area contributed by atoms with E-state index < -0.39 is 16.6 Å². The Morgan fingerprint density at radius 2 is 2.17 bits per heavy atom. The summed E-state index contributed by atoms with van der Waals surface area (Å²) in [4.78, 5) is 14.6. The molecule has 4 rings (SSSR count). The van der Waals surface area contributed by atoms with Crippen molar-refractivity contribution in [3.63, 3.8) is 0 Å². The van der Waals surface area contributed by atoms with Gasteiger partial charge in [0.2, 0.25) is 11.0 Å². The zero-order valence-corrected chi connectivity index (χ0v) is 14.1. The van der Waals surface area contributed by atoms with E-state index in [2.05, 4.69) is 19.9 Å². The van der Waals surface area contributed by atoms with Crippen molar-refractivity contribution in [3.8, 4) is 5.88 Å². The normalized spacial score (nSPS) is 24.3. The lowest BCUT2D eigenvalue weighted by atomic mass is 10.1. The number of fused-ring (bicyclic) bond motifs is 2. The van der Waals surface area contributed by atoms with Gasteiger partial charge >= 0.3 is 0 Å². The van der Waals surface area contributed by atoms with Crippen LogP contribution in [0.3, 0.4) is 0 Å². The van der Waals surface area contributed by atoms with Crippen LogP contribution >= 0.6 is 11.6 Å². The summed E-state index contributed by atoms with van der Waals surface area (Å²) in [6.07, 6.45) is 3.26. The largest absolute Gasteiger partial charge is 0.472 e. The van der Waals surface area contributed by atoms with Crippen LogP contribution in [0.15, 0.2) is 5.16 Å². The van der Waals surface area contributed by atoms with Crippen molar-refractivity contribution in [3.05, 3.63) is 11.0 Å². The number of rotatable bonds is 1. The molecule has 0 spiro atoms. The second-order valence-corrected chi connectivity index (χ2v) is 7.39. The number of ether oxygens (including phenoxy) is 1. The van der Waals surface area contributed by atoms with Crippen LogP contribution in [0.1, 0.15) is 19.8 Å². The molecule has 2 aliphatic heterocycles. The molecule has 2 unspecified atom stereocenters. The van der Waals surface area contributed by atoms with E-state index >= 15 is 0 Å². The monoisotopic (exact) mass is 356 g/mol. The van der Waals surface area contributed by atoms with Crippen molar-refractivity contribution in [2.45, 2.75) is 37.1 Å². The van der Waals surface area contributed by atoms with Crippen LogP contribution in [-0.4, -0.2) is 44.1 Å². The highest BCUT2D eigenvalue weighted by Gasteiger charge is 2.38. The number of hydrogen-bond donors (Lipinski definition) is 0. The molecule has 9 heteroatoms. The first kappa shape index (κ1) is 15.0. The maximum atomic E-state index is 14.5. The first-order chi connectivity index (χ1) is 11.0. The highest BCUT2D eigenvalue weighted by molar-refractivity contribution is 7.84. The van der Waals surface area contributed by atoms with Crippen LogP contribution in [0.25, 0.3) is 10.9 Å². The molecular weight excluding hydrogens is 343 g/mol. The van der Waals surface area contributed by atoms with E-state index in [0.717, 1.165) is 19.4 Å². The smallest absolute Gasteiger partial charge is 0.228 e. The second-order valence-electron chi connectivity index (χ2n) is 5.76. The molecule has 6 nitrogen and oxygen atoms in total.